The summed E-state index contributed by atoms with van der Waals surface area (Å²) in [7, 11) is 1.40. The summed E-state index contributed by atoms with van der Waals surface area (Å²) in [5.74, 6) is 0.300. The highest BCUT2D eigenvalue weighted by Gasteiger charge is 2.31. The van der Waals surface area contributed by atoms with E-state index in [1.807, 2.05) is 0 Å². The predicted octanol–water partition coefficient (Wildman–Crippen LogP) is 4.37. The number of aliphatic hydroxyl groups excluding tert-OH is 1. The van der Waals surface area contributed by atoms with Crippen molar-refractivity contribution in [2.24, 2.45) is 0 Å². The highest BCUT2D eigenvalue weighted by atomic mass is 35.5. The standard InChI is InChI=1S/C18H13ClF3NO3/c1-26-15-6-9(2-4-13(15)19)16-11-7-10(18(20,21)22)3-5-14(11)23-17(25)12(16)8-24/h2-7,24H,8H2,1H3,(H,23,25). The molecule has 0 amide bonds. The molecule has 8 heteroatoms. The number of hydrogen-bond donors (Lipinski definition) is 2. The van der Waals surface area contributed by atoms with Crippen molar-refractivity contribution in [1.29, 1.82) is 0 Å². The summed E-state index contributed by atoms with van der Waals surface area (Å²) in [6, 6.07) is 7.60. The molecular weight excluding hydrogens is 371 g/mol. The fourth-order valence-electron chi connectivity index (χ4n) is 2.81. The Morgan fingerprint density at radius 1 is 1.19 bits per heavy atom. The Hall–Kier alpha value is -2.51. The Labute approximate surface area is 150 Å². The number of H-pyrrole nitrogens is 1. The Morgan fingerprint density at radius 3 is 2.54 bits per heavy atom. The van der Waals surface area contributed by atoms with Crippen molar-refractivity contribution in [3.05, 3.63) is 62.9 Å². The third kappa shape index (κ3) is 3.15. The molecule has 0 bridgehead atoms. The monoisotopic (exact) mass is 383 g/mol. The van der Waals surface area contributed by atoms with Gasteiger partial charge in [-0.05, 0) is 35.9 Å². The van der Waals surface area contributed by atoms with E-state index in [9.17, 15) is 23.1 Å². The van der Waals surface area contributed by atoms with Gasteiger partial charge in [-0.3, -0.25) is 4.79 Å². The van der Waals surface area contributed by atoms with Crippen LogP contribution in [0.4, 0.5) is 13.2 Å². The largest absolute Gasteiger partial charge is 0.495 e. The smallest absolute Gasteiger partial charge is 0.416 e. The summed E-state index contributed by atoms with van der Waals surface area (Å²) in [6.45, 7) is -0.637. The summed E-state index contributed by atoms with van der Waals surface area (Å²) in [5.41, 5.74) is -0.643. The third-order valence-electron chi connectivity index (χ3n) is 4.04. The first kappa shape index (κ1) is 18.3. The number of nitrogens with one attached hydrogen (secondary N) is 1. The van der Waals surface area contributed by atoms with E-state index < -0.39 is 23.9 Å². The van der Waals surface area contributed by atoms with Crippen molar-refractivity contribution < 1.29 is 23.0 Å². The third-order valence-corrected chi connectivity index (χ3v) is 4.35. The van der Waals surface area contributed by atoms with Crippen molar-refractivity contribution in [1.82, 2.24) is 4.98 Å². The molecule has 1 heterocycles. The van der Waals surface area contributed by atoms with Gasteiger partial charge in [0.25, 0.3) is 5.56 Å². The minimum Gasteiger partial charge on any atom is -0.495 e. The van der Waals surface area contributed by atoms with Crippen molar-refractivity contribution in [2.45, 2.75) is 12.8 Å². The molecule has 0 saturated carbocycles. The van der Waals surface area contributed by atoms with E-state index >= 15 is 0 Å². The molecule has 3 aromatic rings. The number of halogens is 4. The number of aliphatic hydroxyl groups is 1. The van der Waals surface area contributed by atoms with Gasteiger partial charge in [0.1, 0.15) is 5.75 Å². The number of methoxy groups -OCH3 is 1. The van der Waals surface area contributed by atoms with Gasteiger partial charge < -0.3 is 14.8 Å². The van der Waals surface area contributed by atoms with Crippen molar-refractivity contribution in [3.63, 3.8) is 0 Å². The molecule has 136 valence electrons. The van der Waals surface area contributed by atoms with Crippen LogP contribution in [0.3, 0.4) is 0 Å². The number of alkyl halides is 3. The Balaban J connectivity index is 2.42. The molecule has 26 heavy (non-hydrogen) atoms. The van der Waals surface area contributed by atoms with Gasteiger partial charge in [0.15, 0.2) is 0 Å². The highest BCUT2D eigenvalue weighted by Crippen LogP contribution is 2.37. The molecule has 0 unspecified atom stereocenters. The van der Waals surface area contributed by atoms with Crippen LogP contribution in [0.5, 0.6) is 5.75 Å². The van der Waals surface area contributed by atoms with E-state index in [4.69, 9.17) is 16.3 Å². The summed E-state index contributed by atoms with van der Waals surface area (Å²) < 4.78 is 44.5. The topological polar surface area (TPSA) is 62.3 Å². The Morgan fingerprint density at radius 2 is 1.92 bits per heavy atom. The van der Waals surface area contributed by atoms with Gasteiger partial charge >= 0.3 is 6.18 Å². The molecular formula is C18H13ClF3NO3. The zero-order chi connectivity index (χ0) is 19.1. The van der Waals surface area contributed by atoms with Gasteiger partial charge in [0, 0.05) is 16.5 Å². The quantitative estimate of drug-likeness (QED) is 0.706. The first-order chi connectivity index (χ1) is 12.3. The van der Waals surface area contributed by atoms with Crippen LogP contribution < -0.4 is 10.3 Å². The molecule has 0 aliphatic heterocycles. The molecule has 1 aromatic heterocycles. The van der Waals surface area contributed by atoms with E-state index in [1.54, 1.807) is 6.07 Å². The number of benzene rings is 2. The molecule has 0 aliphatic carbocycles. The summed E-state index contributed by atoms with van der Waals surface area (Å²) in [5, 5.41) is 10.1. The Kier molecular flexibility index (Phi) is 4.68. The second kappa shape index (κ2) is 6.66. The normalized spacial score (nSPS) is 11.8. The van der Waals surface area contributed by atoms with Gasteiger partial charge in [-0.25, -0.2) is 0 Å². The number of hydrogen-bond acceptors (Lipinski definition) is 3. The zero-order valence-corrected chi connectivity index (χ0v) is 14.2. The second-order valence-corrected chi connectivity index (χ2v) is 5.98. The van der Waals surface area contributed by atoms with Crippen molar-refractivity contribution in [3.8, 4) is 16.9 Å². The summed E-state index contributed by atoms with van der Waals surface area (Å²) in [4.78, 5) is 14.8. The van der Waals surface area contributed by atoms with Crippen LogP contribution in [0.25, 0.3) is 22.0 Å². The van der Waals surface area contributed by atoms with Crippen LogP contribution in [-0.4, -0.2) is 17.2 Å². The minimum absolute atomic E-state index is 0.0406. The van der Waals surface area contributed by atoms with Gasteiger partial charge in [-0.1, -0.05) is 17.7 Å². The highest BCUT2D eigenvalue weighted by molar-refractivity contribution is 6.32. The molecule has 3 rings (SSSR count). The number of ether oxygens (including phenoxy) is 1. The van der Waals surface area contributed by atoms with Gasteiger partial charge in [0.2, 0.25) is 0 Å². The minimum atomic E-state index is -4.54. The van der Waals surface area contributed by atoms with Gasteiger partial charge in [-0.2, -0.15) is 13.2 Å². The maximum atomic E-state index is 13.1. The average molecular weight is 384 g/mol. The van der Waals surface area contributed by atoms with E-state index in [0.29, 0.717) is 16.3 Å². The fraction of sp³-hybridized carbons (Fsp3) is 0.167. The number of aromatic nitrogens is 1. The molecule has 0 atom stereocenters. The molecule has 0 spiro atoms. The molecule has 2 N–H and O–H groups in total. The summed E-state index contributed by atoms with van der Waals surface area (Å²) >= 11 is 6.00. The molecule has 0 saturated heterocycles. The number of pyridine rings is 1. The SMILES string of the molecule is COc1cc(-c2c(CO)c(=O)[nH]c3ccc(C(F)(F)F)cc23)ccc1Cl. The fourth-order valence-corrected chi connectivity index (χ4v) is 3.00. The molecule has 2 aromatic carbocycles. The van der Waals surface area contributed by atoms with Gasteiger partial charge in [-0.15, -0.1) is 0 Å². The van der Waals surface area contributed by atoms with Crippen LogP contribution in [-0.2, 0) is 12.8 Å². The van der Waals surface area contributed by atoms with Crippen LogP contribution in [0, 0.1) is 0 Å². The van der Waals surface area contributed by atoms with E-state index in [-0.39, 0.29) is 22.0 Å². The lowest BCUT2D eigenvalue weighted by molar-refractivity contribution is -0.137. The predicted molar refractivity (Wildman–Crippen MR) is 92.5 cm³/mol. The summed E-state index contributed by atoms with van der Waals surface area (Å²) in [6.07, 6.45) is -4.54. The second-order valence-electron chi connectivity index (χ2n) is 5.57. The lowest BCUT2D eigenvalue weighted by Crippen LogP contribution is -2.15. The van der Waals surface area contributed by atoms with Gasteiger partial charge in [0.05, 0.1) is 29.9 Å². The number of aromatic amines is 1. The Bertz CT molecular complexity index is 1040. The van der Waals surface area contributed by atoms with Crippen LogP contribution in [0.2, 0.25) is 5.02 Å². The molecule has 0 aliphatic rings. The van der Waals surface area contributed by atoms with Crippen molar-refractivity contribution in [2.75, 3.05) is 7.11 Å². The van der Waals surface area contributed by atoms with E-state index in [1.165, 1.54) is 25.3 Å². The number of fused-ring (bicyclic) bond motifs is 1. The van der Waals surface area contributed by atoms with Crippen molar-refractivity contribution >= 4 is 22.5 Å². The average Bonchev–Trinajstić information content (AvgIpc) is 2.60. The first-order valence-corrected chi connectivity index (χ1v) is 7.85. The molecule has 4 nitrogen and oxygen atoms in total. The van der Waals surface area contributed by atoms with E-state index in [2.05, 4.69) is 4.98 Å². The maximum absolute atomic E-state index is 13.1. The zero-order valence-electron chi connectivity index (χ0n) is 13.4. The van der Waals surface area contributed by atoms with Crippen LogP contribution >= 0.6 is 11.6 Å². The number of rotatable bonds is 3. The van der Waals surface area contributed by atoms with Crippen LogP contribution in [0.15, 0.2) is 41.2 Å². The first-order valence-electron chi connectivity index (χ1n) is 7.47. The molecule has 0 fully saturated rings. The lowest BCUT2D eigenvalue weighted by atomic mass is 9.95. The van der Waals surface area contributed by atoms with Crippen LogP contribution in [0.1, 0.15) is 11.1 Å². The maximum Gasteiger partial charge on any atom is 0.416 e. The van der Waals surface area contributed by atoms with E-state index in [0.717, 1.165) is 12.1 Å². The molecule has 0 radical (unpaired) electrons. The lowest BCUT2D eigenvalue weighted by Gasteiger charge is -2.15.